The van der Waals surface area contributed by atoms with Gasteiger partial charge in [-0.1, -0.05) is 11.6 Å². The molecule has 0 spiro atoms. The maximum atomic E-state index is 13.5. The van der Waals surface area contributed by atoms with Crippen molar-refractivity contribution in [2.45, 2.75) is 18.9 Å². The van der Waals surface area contributed by atoms with Gasteiger partial charge in [-0.05, 0) is 37.1 Å². The molecule has 1 aliphatic rings. The van der Waals surface area contributed by atoms with Crippen molar-refractivity contribution < 1.29 is 18.6 Å². The minimum absolute atomic E-state index is 0. The number of nitrogens with one attached hydrogen (secondary N) is 2. The van der Waals surface area contributed by atoms with Crippen LogP contribution in [0.1, 0.15) is 12.8 Å². The van der Waals surface area contributed by atoms with Crippen LogP contribution in [-0.4, -0.2) is 49.5 Å². The summed E-state index contributed by atoms with van der Waals surface area (Å²) in [5.74, 6) is 1.28. The van der Waals surface area contributed by atoms with Crippen molar-refractivity contribution in [2.75, 3.05) is 38.7 Å². The fraction of sp³-hybridized carbons (Fsp3) is 0.364. The lowest BCUT2D eigenvalue weighted by atomic mass is 10.2. The van der Waals surface area contributed by atoms with Crippen LogP contribution in [0.25, 0.3) is 10.9 Å². The highest BCUT2D eigenvalue weighted by Crippen LogP contribution is 2.35. The quantitative estimate of drug-likeness (QED) is 0.448. The first-order valence-corrected chi connectivity index (χ1v) is 10.5. The molecule has 1 unspecified atom stereocenters. The molecule has 172 valence electrons. The van der Waals surface area contributed by atoms with E-state index in [1.54, 1.807) is 13.2 Å². The van der Waals surface area contributed by atoms with Crippen molar-refractivity contribution in [1.29, 1.82) is 0 Å². The summed E-state index contributed by atoms with van der Waals surface area (Å²) >= 11 is 5.89. The smallest absolute Gasteiger partial charge is 0.162 e. The van der Waals surface area contributed by atoms with Crippen LogP contribution in [0.15, 0.2) is 36.7 Å². The maximum absolute atomic E-state index is 13.5. The number of hydrogen-bond donors (Lipinski definition) is 2. The van der Waals surface area contributed by atoms with E-state index in [-0.39, 0.29) is 23.5 Å². The molecule has 10 heteroatoms. The minimum Gasteiger partial charge on any atom is -0.493 e. The van der Waals surface area contributed by atoms with Crippen molar-refractivity contribution in [3.05, 3.63) is 47.5 Å². The van der Waals surface area contributed by atoms with Gasteiger partial charge in [0.15, 0.2) is 11.5 Å². The Morgan fingerprint density at radius 1 is 1.25 bits per heavy atom. The zero-order valence-corrected chi connectivity index (χ0v) is 19.1. The fourth-order valence-corrected chi connectivity index (χ4v) is 3.63. The van der Waals surface area contributed by atoms with Crippen molar-refractivity contribution in [2.24, 2.45) is 0 Å². The predicted octanol–water partition coefficient (Wildman–Crippen LogP) is 4.74. The maximum Gasteiger partial charge on any atom is 0.162 e. The number of methoxy groups -OCH3 is 1. The SMILES string of the molecule is COc1cc2ncnc(Nc3ccc(F)c(Cl)c3)c2cc1OCCCC1CNCCO1.Cl. The van der Waals surface area contributed by atoms with Gasteiger partial charge in [0.2, 0.25) is 0 Å². The number of nitrogens with zero attached hydrogens (tertiary/aromatic N) is 2. The molecule has 1 saturated heterocycles. The van der Waals surface area contributed by atoms with Crippen LogP contribution in [0, 0.1) is 5.82 Å². The van der Waals surface area contributed by atoms with E-state index < -0.39 is 5.82 Å². The van der Waals surface area contributed by atoms with E-state index in [0.29, 0.717) is 35.1 Å². The molecule has 2 aromatic carbocycles. The second-order valence-electron chi connectivity index (χ2n) is 7.18. The third kappa shape index (κ3) is 5.89. The van der Waals surface area contributed by atoms with Crippen molar-refractivity contribution >= 4 is 46.4 Å². The third-order valence-electron chi connectivity index (χ3n) is 5.04. The largest absolute Gasteiger partial charge is 0.493 e. The molecule has 0 amide bonds. The zero-order chi connectivity index (χ0) is 21.6. The molecule has 0 saturated carbocycles. The lowest BCUT2D eigenvalue weighted by molar-refractivity contribution is 0.0203. The molecule has 0 bridgehead atoms. The summed E-state index contributed by atoms with van der Waals surface area (Å²) in [6, 6.07) is 8.06. The molecule has 2 heterocycles. The topological polar surface area (TPSA) is 77.5 Å². The van der Waals surface area contributed by atoms with E-state index in [1.807, 2.05) is 12.1 Å². The Bertz CT molecular complexity index is 1050. The van der Waals surface area contributed by atoms with Crippen LogP contribution in [0.5, 0.6) is 11.5 Å². The third-order valence-corrected chi connectivity index (χ3v) is 5.33. The predicted molar refractivity (Wildman–Crippen MR) is 125 cm³/mol. The highest BCUT2D eigenvalue weighted by Gasteiger charge is 2.15. The average Bonchev–Trinajstić information content (AvgIpc) is 2.79. The number of hydrogen-bond acceptors (Lipinski definition) is 7. The van der Waals surface area contributed by atoms with Gasteiger partial charge in [-0.25, -0.2) is 14.4 Å². The molecule has 1 fully saturated rings. The molecule has 0 aliphatic carbocycles. The van der Waals surface area contributed by atoms with E-state index >= 15 is 0 Å². The summed E-state index contributed by atoms with van der Waals surface area (Å²) in [7, 11) is 1.59. The minimum atomic E-state index is -0.477. The number of rotatable bonds is 8. The van der Waals surface area contributed by atoms with E-state index in [4.69, 9.17) is 25.8 Å². The van der Waals surface area contributed by atoms with Crippen molar-refractivity contribution in [3.8, 4) is 11.5 Å². The first-order chi connectivity index (χ1) is 15.1. The standard InChI is InChI=1S/C22H24ClFN4O3.ClH/c1-29-20-11-19-16(10-21(20)31-7-2-3-15-12-25-6-8-30-15)22(27-13-26-19)28-14-4-5-18(24)17(23)9-14;/h4-5,9-11,13,15,25H,2-3,6-8,12H2,1H3,(H,26,27,28);1H. The molecular weight excluding hydrogens is 458 g/mol. The van der Waals surface area contributed by atoms with Gasteiger partial charge in [-0.3, -0.25) is 0 Å². The lowest BCUT2D eigenvalue weighted by Gasteiger charge is -2.23. The summed E-state index contributed by atoms with van der Waals surface area (Å²) in [6.07, 6.45) is 3.46. The molecule has 3 aromatic rings. The van der Waals surface area contributed by atoms with Crippen LogP contribution in [0.3, 0.4) is 0 Å². The summed E-state index contributed by atoms with van der Waals surface area (Å²) in [6.45, 7) is 3.06. The highest BCUT2D eigenvalue weighted by atomic mass is 35.5. The molecule has 7 nitrogen and oxygen atoms in total. The lowest BCUT2D eigenvalue weighted by Crippen LogP contribution is -2.38. The summed E-state index contributed by atoms with van der Waals surface area (Å²) in [5, 5.41) is 7.28. The Labute approximate surface area is 197 Å². The normalized spacial score (nSPS) is 15.8. The molecule has 2 N–H and O–H groups in total. The van der Waals surface area contributed by atoms with Crippen LogP contribution in [-0.2, 0) is 4.74 Å². The molecular formula is C22H25Cl2FN4O3. The van der Waals surface area contributed by atoms with Gasteiger partial charge in [0.05, 0.1) is 37.0 Å². The van der Waals surface area contributed by atoms with Gasteiger partial charge in [0.1, 0.15) is 18.0 Å². The number of halogens is 3. The molecule has 0 radical (unpaired) electrons. The second-order valence-corrected chi connectivity index (χ2v) is 7.59. The van der Waals surface area contributed by atoms with Crippen LogP contribution >= 0.6 is 24.0 Å². The van der Waals surface area contributed by atoms with E-state index in [9.17, 15) is 4.39 Å². The Kier molecular flexibility index (Phi) is 8.69. The van der Waals surface area contributed by atoms with Gasteiger partial charge in [0, 0.05) is 30.2 Å². The van der Waals surface area contributed by atoms with Crippen molar-refractivity contribution in [3.63, 3.8) is 0 Å². The van der Waals surface area contributed by atoms with E-state index in [2.05, 4.69) is 20.6 Å². The van der Waals surface area contributed by atoms with Crippen LogP contribution in [0.2, 0.25) is 5.02 Å². The second kappa shape index (κ2) is 11.5. The van der Waals surface area contributed by atoms with Crippen LogP contribution < -0.4 is 20.1 Å². The van der Waals surface area contributed by atoms with E-state index in [1.165, 1.54) is 18.5 Å². The van der Waals surface area contributed by atoms with Gasteiger partial charge in [-0.2, -0.15) is 0 Å². The molecule has 1 aliphatic heterocycles. The molecule has 1 aromatic heterocycles. The summed E-state index contributed by atoms with van der Waals surface area (Å²) in [5.41, 5.74) is 1.31. The number of ether oxygens (including phenoxy) is 3. The van der Waals surface area contributed by atoms with Crippen LogP contribution in [0.4, 0.5) is 15.9 Å². The number of morpholine rings is 1. The Hall–Kier alpha value is -2.39. The van der Waals surface area contributed by atoms with Crippen molar-refractivity contribution in [1.82, 2.24) is 15.3 Å². The monoisotopic (exact) mass is 482 g/mol. The average molecular weight is 483 g/mol. The molecule has 1 atom stereocenters. The summed E-state index contributed by atoms with van der Waals surface area (Å²) in [4.78, 5) is 8.66. The number of aromatic nitrogens is 2. The number of anilines is 2. The van der Waals surface area contributed by atoms with Gasteiger partial charge in [-0.15, -0.1) is 12.4 Å². The molecule has 32 heavy (non-hydrogen) atoms. The van der Waals surface area contributed by atoms with E-state index in [0.717, 1.165) is 37.9 Å². The number of fused-ring (bicyclic) bond motifs is 1. The Morgan fingerprint density at radius 2 is 2.12 bits per heavy atom. The van der Waals surface area contributed by atoms with Gasteiger partial charge in [0.25, 0.3) is 0 Å². The van der Waals surface area contributed by atoms with Gasteiger partial charge >= 0.3 is 0 Å². The summed E-state index contributed by atoms with van der Waals surface area (Å²) < 4.78 is 30.7. The first-order valence-electron chi connectivity index (χ1n) is 10.1. The highest BCUT2D eigenvalue weighted by molar-refractivity contribution is 6.31. The van der Waals surface area contributed by atoms with Gasteiger partial charge < -0.3 is 24.8 Å². The molecule has 4 rings (SSSR count). The Balaban J connectivity index is 0.00000289. The zero-order valence-electron chi connectivity index (χ0n) is 17.6. The first kappa shape index (κ1) is 24.3. The fourth-order valence-electron chi connectivity index (χ4n) is 3.44. The Morgan fingerprint density at radius 3 is 2.88 bits per heavy atom. The number of benzene rings is 2.